The molecular weight excluding hydrogens is 254 g/mol. The average molecular weight is 273 g/mol. The molecule has 4 heteroatoms. The van der Waals surface area contributed by atoms with E-state index >= 15 is 0 Å². The highest BCUT2D eigenvalue weighted by molar-refractivity contribution is 5.52. The largest absolute Gasteiger partial charge is 0.496 e. The number of nitrogens with one attached hydrogen (secondary N) is 1. The maximum atomic E-state index is 5.40. The first-order chi connectivity index (χ1) is 9.78. The Labute approximate surface area is 119 Å². The van der Waals surface area contributed by atoms with Gasteiger partial charge in [0, 0.05) is 23.9 Å². The van der Waals surface area contributed by atoms with Crippen molar-refractivity contribution >= 4 is 5.69 Å². The summed E-state index contributed by atoms with van der Waals surface area (Å²) in [5, 5.41) is 3.35. The van der Waals surface area contributed by atoms with E-state index < -0.39 is 0 Å². The molecular formula is C16H19NO3. The summed E-state index contributed by atoms with van der Waals surface area (Å²) in [7, 11) is 4.88. The molecule has 0 bridgehead atoms. The first kappa shape index (κ1) is 14.1. The highest BCUT2D eigenvalue weighted by atomic mass is 16.5. The van der Waals surface area contributed by atoms with Crippen LogP contribution in [0.2, 0.25) is 0 Å². The van der Waals surface area contributed by atoms with Gasteiger partial charge in [-0.1, -0.05) is 18.2 Å². The number of hydrogen-bond acceptors (Lipinski definition) is 4. The predicted molar refractivity (Wildman–Crippen MR) is 79.9 cm³/mol. The Balaban J connectivity index is 2.21. The smallest absolute Gasteiger partial charge is 0.164 e. The van der Waals surface area contributed by atoms with E-state index in [1.807, 2.05) is 42.5 Å². The molecule has 0 atom stereocenters. The fourth-order valence-corrected chi connectivity index (χ4v) is 1.98. The Hall–Kier alpha value is -2.36. The minimum absolute atomic E-state index is 0.646. The molecule has 0 aromatic heterocycles. The quantitative estimate of drug-likeness (QED) is 0.876. The zero-order valence-corrected chi connectivity index (χ0v) is 12.0. The summed E-state index contributed by atoms with van der Waals surface area (Å²) in [6, 6.07) is 13.8. The Bertz CT molecular complexity index is 555. The van der Waals surface area contributed by atoms with Gasteiger partial charge in [0.15, 0.2) is 11.5 Å². The number of methoxy groups -OCH3 is 3. The Morgan fingerprint density at radius 1 is 0.800 bits per heavy atom. The Morgan fingerprint density at radius 3 is 2.00 bits per heavy atom. The van der Waals surface area contributed by atoms with Crippen molar-refractivity contribution in [2.45, 2.75) is 6.54 Å². The van der Waals surface area contributed by atoms with E-state index in [2.05, 4.69) is 5.32 Å². The van der Waals surface area contributed by atoms with Gasteiger partial charge in [-0.25, -0.2) is 0 Å². The van der Waals surface area contributed by atoms with Crippen LogP contribution in [0.5, 0.6) is 17.2 Å². The van der Waals surface area contributed by atoms with Gasteiger partial charge in [-0.3, -0.25) is 0 Å². The lowest BCUT2D eigenvalue weighted by molar-refractivity contribution is 0.347. The summed E-state index contributed by atoms with van der Waals surface area (Å²) in [6.45, 7) is 0.646. The molecule has 2 aromatic rings. The van der Waals surface area contributed by atoms with Crippen molar-refractivity contribution in [1.29, 1.82) is 0 Å². The molecule has 0 aliphatic heterocycles. The second-order valence-corrected chi connectivity index (χ2v) is 4.24. The second-order valence-electron chi connectivity index (χ2n) is 4.24. The van der Waals surface area contributed by atoms with Gasteiger partial charge in [0.05, 0.1) is 21.3 Å². The molecule has 20 heavy (non-hydrogen) atoms. The molecule has 0 fully saturated rings. The third kappa shape index (κ3) is 3.15. The predicted octanol–water partition coefficient (Wildman–Crippen LogP) is 3.32. The molecule has 0 radical (unpaired) electrons. The second kappa shape index (κ2) is 6.70. The monoisotopic (exact) mass is 273 g/mol. The highest BCUT2D eigenvalue weighted by Gasteiger charge is 2.11. The SMILES string of the molecule is COc1cc(OC)c(OC)cc1CNc1ccccc1. The number of benzene rings is 2. The van der Waals surface area contributed by atoms with Crippen molar-refractivity contribution in [2.75, 3.05) is 26.6 Å². The first-order valence-corrected chi connectivity index (χ1v) is 6.36. The summed E-state index contributed by atoms with van der Waals surface area (Å²) in [4.78, 5) is 0. The molecule has 0 spiro atoms. The zero-order valence-electron chi connectivity index (χ0n) is 12.0. The lowest BCUT2D eigenvalue weighted by Gasteiger charge is -2.15. The maximum Gasteiger partial charge on any atom is 0.164 e. The van der Waals surface area contributed by atoms with Crippen LogP contribution < -0.4 is 19.5 Å². The number of ether oxygens (including phenoxy) is 3. The summed E-state index contributed by atoms with van der Waals surface area (Å²) < 4.78 is 16.0. The molecule has 0 amide bonds. The number of anilines is 1. The molecule has 0 aliphatic carbocycles. The van der Waals surface area contributed by atoms with Crippen LogP contribution in [0, 0.1) is 0 Å². The molecule has 0 saturated carbocycles. The highest BCUT2D eigenvalue weighted by Crippen LogP contribution is 2.34. The van der Waals surface area contributed by atoms with Crippen molar-refractivity contribution in [1.82, 2.24) is 0 Å². The molecule has 106 valence electrons. The van der Waals surface area contributed by atoms with Gasteiger partial charge in [0.25, 0.3) is 0 Å². The van der Waals surface area contributed by atoms with Crippen LogP contribution >= 0.6 is 0 Å². The van der Waals surface area contributed by atoms with E-state index in [1.54, 1.807) is 21.3 Å². The summed E-state index contributed by atoms with van der Waals surface area (Å²) in [6.07, 6.45) is 0. The van der Waals surface area contributed by atoms with Crippen molar-refractivity contribution in [2.24, 2.45) is 0 Å². The van der Waals surface area contributed by atoms with Crippen molar-refractivity contribution < 1.29 is 14.2 Å². The van der Waals surface area contributed by atoms with E-state index in [0.29, 0.717) is 18.0 Å². The van der Waals surface area contributed by atoms with Crippen LogP contribution in [-0.4, -0.2) is 21.3 Å². The van der Waals surface area contributed by atoms with Crippen LogP contribution in [0.25, 0.3) is 0 Å². The number of hydrogen-bond donors (Lipinski definition) is 1. The lowest BCUT2D eigenvalue weighted by Crippen LogP contribution is -2.03. The van der Waals surface area contributed by atoms with Gasteiger partial charge in [0.2, 0.25) is 0 Å². The topological polar surface area (TPSA) is 39.7 Å². The van der Waals surface area contributed by atoms with Gasteiger partial charge in [0.1, 0.15) is 5.75 Å². The molecule has 4 nitrogen and oxygen atoms in total. The van der Waals surface area contributed by atoms with Crippen LogP contribution in [-0.2, 0) is 6.54 Å². The molecule has 0 saturated heterocycles. The molecule has 0 aliphatic rings. The van der Waals surface area contributed by atoms with Gasteiger partial charge in [-0.2, -0.15) is 0 Å². The van der Waals surface area contributed by atoms with Crippen LogP contribution in [0.4, 0.5) is 5.69 Å². The van der Waals surface area contributed by atoms with Gasteiger partial charge in [-0.15, -0.1) is 0 Å². The van der Waals surface area contributed by atoms with Gasteiger partial charge < -0.3 is 19.5 Å². The number of rotatable bonds is 6. The van der Waals surface area contributed by atoms with E-state index in [1.165, 1.54) is 0 Å². The first-order valence-electron chi connectivity index (χ1n) is 6.36. The van der Waals surface area contributed by atoms with E-state index in [4.69, 9.17) is 14.2 Å². The third-order valence-corrected chi connectivity index (χ3v) is 3.04. The summed E-state index contributed by atoms with van der Waals surface area (Å²) in [5.41, 5.74) is 2.07. The third-order valence-electron chi connectivity index (χ3n) is 3.04. The minimum Gasteiger partial charge on any atom is -0.496 e. The van der Waals surface area contributed by atoms with E-state index in [9.17, 15) is 0 Å². The normalized spacial score (nSPS) is 9.95. The molecule has 2 aromatic carbocycles. The Morgan fingerprint density at radius 2 is 1.40 bits per heavy atom. The zero-order chi connectivity index (χ0) is 14.4. The van der Waals surface area contributed by atoms with Crippen molar-refractivity contribution in [3.05, 3.63) is 48.0 Å². The minimum atomic E-state index is 0.646. The van der Waals surface area contributed by atoms with Crippen LogP contribution in [0.15, 0.2) is 42.5 Å². The summed E-state index contributed by atoms with van der Waals surface area (Å²) in [5.74, 6) is 2.12. The Kier molecular flexibility index (Phi) is 4.71. The fraction of sp³-hybridized carbons (Fsp3) is 0.250. The maximum absolute atomic E-state index is 5.40. The molecule has 0 unspecified atom stereocenters. The van der Waals surface area contributed by atoms with Crippen molar-refractivity contribution in [3.8, 4) is 17.2 Å². The van der Waals surface area contributed by atoms with Gasteiger partial charge in [-0.05, 0) is 18.2 Å². The van der Waals surface area contributed by atoms with Gasteiger partial charge >= 0.3 is 0 Å². The summed E-state index contributed by atoms with van der Waals surface area (Å²) >= 11 is 0. The van der Waals surface area contributed by atoms with Crippen LogP contribution in [0.1, 0.15) is 5.56 Å². The molecule has 0 heterocycles. The van der Waals surface area contributed by atoms with Crippen molar-refractivity contribution in [3.63, 3.8) is 0 Å². The molecule has 1 N–H and O–H groups in total. The van der Waals surface area contributed by atoms with Crippen LogP contribution in [0.3, 0.4) is 0 Å². The van der Waals surface area contributed by atoms with E-state index in [0.717, 1.165) is 17.0 Å². The lowest BCUT2D eigenvalue weighted by atomic mass is 10.1. The molecule has 2 rings (SSSR count). The fourth-order valence-electron chi connectivity index (χ4n) is 1.98. The standard InChI is InChI=1S/C16H19NO3/c1-18-14-10-16(20-3)15(19-2)9-12(14)11-17-13-7-5-4-6-8-13/h4-10,17H,11H2,1-3H3. The van der Waals surface area contributed by atoms with E-state index in [-0.39, 0.29) is 0 Å². The number of para-hydroxylation sites is 1. The average Bonchev–Trinajstić information content (AvgIpc) is 2.52.